The van der Waals surface area contributed by atoms with E-state index in [4.69, 9.17) is 4.74 Å². The normalized spacial score (nSPS) is 20.9. The summed E-state index contributed by atoms with van der Waals surface area (Å²) < 4.78 is 6.51. The Morgan fingerprint density at radius 3 is 2.50 bits per heavy atom. The maximum atomic E-state index is 10.5. The third kappa shape index (κ3) is 7.58. The van der Waals surface area contributed by atoms with Crippen LogP contribution in [0.4, 0.5) is 0 Å². The molecule has 0 aliphatic heterocycles. The molecule has 188 valence electrons. The van der Waals surface area contributed by atoms with Crippen LogP contribution in [0, 0.1) is 5.92 Å². The van der Waals surface area contributed by atoms with Gasteiger partial charge >= 0.3 is 0 Å². The van der Waals surface area contributed by atoms with Gasteiger partial charge in [0.1, 0.15) is 12.4 Å². The fourth-order valence-electron chi connectivity index (χ4n) is 5.55. The number of aliphatic hydroxyl groups excluding tert-OH is 2. The van der Waals surface area contributed by atoms with Gasteiger partial charge in [0.2, 0.25) is 0 Å². The molecule has 3 rings (SSSR count). The smallest absolute Gasteiger partial charge is 0.123 e. The minimum absolute atomic E-state index is 0.0967. The van der Waals surface area contributed by atoms with Crippen molar-refractivity contribution in [2.45, 2.75) is 109 Å². The third-order valence-electron chi connectivity index (χ3n) is 7.79. The van der Waals surface area contributed by atoms with Crippen molar-refractivity contribution in [1.82, 2.24) is 0 Å². The summed E-state index contributed by atoms with van der Waals surface area (Å²) in [5.41, 5.74) is 3.82. The van der Waals surface area contributed by atoms with Crippen molar-refractivity contribution in [2.24, 2.45) is 5.92 Å². The second-order valence-corrected chi connectivity index (χ2v) is 10.9. The number of benzene rings is 2. The SMILES string of the molecule is CCCCCCC(C)(C)c1ccc(C2CC(O)CCC2CCCO)c(OCc2ccccc2)c1. The van der Waals surface area contributed by atoms with Gasteiger partial charge in [0, 0.05) is 6.61 Å². The van der Waals surface area contributed by atoms with Crippen LogP contribution in [0.2, 0.25) is 0 Å². The van der Waals surface area contributed by atoms with Crippen LogP contribution in [0.25, 0.3) is 0 Å². The van der Waals surface area contributed by atoms with Crippen LogP contribution in [-0.2, 0) is 12.0 Å². The first kappa shape index (κ1) is 26.8. The van der Waals surface area contributed by atoms with Gasteiger partial charge in [-0.05, 0) is 78.5 Å². The topological polar surface area (TPSA) is 49.7 Å². The van der Waals surface area contributed by atoms with Crippen LogP contribution in [0.3, 0.4) is 0 Å². The zero-order valence-corrected chi connectivity index (χ0v) is 21.6. The standard InChI is InChI=1S/C31H46O3/c1-4-5-6-10-19-31(2,3)26-16-18-28(29-22-27(33)17-15-25(29)14-11-20-32)30(21-26)34-23-24-12-8-7-9-13-24/h7-9,12-13,16,18,21,25,27,29,32-33H,4-6,10-11,14-15,17,19-20,22-23H2,1-3H3. The minimum atomic E-state index is -0.257. The van der Waals surface area contributed by atoms with Crippen molar-refractivity contribution in [3.63, 3.8) is 0 Å². The molecular formula is C31H46O3. The van der Waals surface area contributed by atoms with Crippen LogP contribution in [0.5, 0.6) is 5.75 Å². The Morgan fingerprint density at radius 1 is 0.971 bits per heavy atom. The van der Waals surface area contributed by atoms with Gasteiger partial charge in [0.15, 0.2) is 0 Å². The largest absolute Gasteiger partial charge is 0.489 e. The molecule has 0 saturated heterocycles. The monoisotopic (exact) mass is 466 g/mol. The van der Waals surface area contributed by atoms with E-state index in [2.05, 4.69) is 63.2 Å². The van der Waals surface area contributed by atoms with Gasteiger partial charge in [-0.1, -0.05) is 88.9 Å². The summed E-state index contributed by atoms with van der Waals surface area (Å²) in [6.45, 7) is 7.74. The van der Waals surface area contributed by atoms with E-state index in [9.17, 15) is 10.2 Å². The molecule has 0 heterocycles. The van der Waals surface area contributed by atoms with Crippen LogP contribution in [0.15, 0.2) is 48.5 Å². The van der Waals surface area contributed by atoms with Crippen molar-refractivity contribution in [3.8, 4) is 5.75 Å². The molecule has 0 bridgehead atoms. The molecule has 3 atom stereocenters. The predicted molar refractivity (Wildman–Crippen MR) is 141 cm³/mol. The Hall–Kier alpha value is -1.84. The second-order valence-electron chi connectivity index (χ2n) is 10.9. The summed E-state index contributed by atoms with van der Waals surface area (Å²) in [7, 11) is 0. The second kappa shape index (κ2) is 13.3. The lowest BCUT2D eigenvalue weighted by molar-refractivity contribution is 0.0875. The van der Waals surface area contributed by atoms with Crippen molar-refractivity contribution < 1.29 is 14.9 Å². The van der Waals surface area contributed by atoms with Crippen molar-refractivity contribution in [2.75, 3.05) is 6.61 Å². The van der Waals surface area contributed by atoms with Gasteiger partial charge in [0.25, 0.3) is 0 Å². The summed E-state index contributed by atoms with van der Waals surface area (Å²) in [6, 6.07) is 17.2. The van der Waals surface area contributed by atoms with E-state index < -0.39 is 0 Å². The van der Waals surface area contributed by atoms with E-state index in [1.54, 1.807) is 0 Å². The average molecular weight is 467 g/mol. The van der Waals surface area contributed by atoms with Crippen molar-refractivity contribution >= 4 is 0 Å². The summed E-state index contributed by atoms with van der Waals surface area (Å²) in [5.74, 6) is 1.71. The Morgan fingerprint density at radius 2 is 1.76 bits per heavy atom. The first-order valence-corrected chi connectivity index (χ1v) is 13.5. The molecule has 3 heteroatoms. The number of hydrogen-bond acceptors (Lipinski definition) is 3. The molecular weight excluding hydrogens is 420 g/mol. The molecule has 3 nitrogen and oxygen atoms in total. The van der Waals surface area contributed by atoms with Crippen LogP contribution in [0.1, 0.15) is 108 Å². The molecule has 0 amide bonds. The molecule has 34 heavy (non-hydrogen) atoms. The minimum Gasteiger partial charge on any atom is -0.489 e. The Balaban J connectivity index is 1.88. The fourth-order valence-corrected chi connectivity index (χ4v) is 5.55. The first-order valence-electron chi connectivity index (χ1n) is 13.5. The maximum absolute atomic E-state index is 10.5. The molecule has 1 aliphatic rings. The van der Waals surface area contributed by atoms with Gasteiger partial charge in [-0.2, -0.15) is 0 Å². The Labute approximate surface area is 207 Å². The number of ether oxygens (including phenoxy) is 1. The number of hydrogen-bond donors (Lipinski definition) is 2. The van der Waals surface area contributed by atoms with Gasteiger partial charge in [-0.25, -0.2) is 0 Å². The summed E-state index contributed by atoms with van der Waals surface area (Å²) >= 11 is 0. The molecule has 2 N–H and O–H groups in total. The first-order chi connectivity index (χ1) is 16.4. The number of rotatable bonds is 13. The summed E-state index contributed by atoms with van der Waals surface area (Å²) in [6.07, 6.45) is 10.5. The Bertz CT molecular complexity index is 843. The summed E-state index contributed by atoms with van der Waals surface area (Å²) in [5, 5.41) is 19.9. The molecule has 0 radical (unpaired) electrons. The zero-order chi connectivity index (χ0) is 24.4. The van der Waals surface area contributed by atoms with Crippen molar-refractivity contribution in [1.29, 1.82) is 0 Å². The molecule has 1 saturated carbocycles. The van der Waals surface area contributed by atoms with E-state index in [0.717, 1.165) is 43.4 Å². The highest BCUT2D eigenvalue weighted by Crippen LogP contribution is 2.45. The van der Waals surface area contributed by atoms with Gasteiger partial charge in [-0.15, -0.1) is 0 Å². The highest BCUT2D eigenvalue weighted by Gasteiger charge is 2.33. The third-order valence-corrected chi connectivity index (χ3v) is 7.79. The Kier molecular flexibility index (Phi) is 10.5. The lowest BCUT2D eigenvalue weighted by atomic mass is 9.71. The molecule has 0 spiro atoms. The molecule has 2 aromatic carbocycles. The number of aliphatic hydroxyl groups is 2. The molecule has 1 aliphatic carbocycles. The van der Waals surface area contributed by atoms with Crippen LogP contribution in [-0.4, -0.2) is 22.9 Å². The average Bonchev–Trinajstić information content (AvgIpc) is 2.85. The molecule has 2 aromatic rings. The predicted octanol–water partition coefficient (Wildman–Crippen LogP) is 7.53. The van der Waals surface area contributed by atoms with Crippen molar-refractivity contribution in [3.05, 3.63) is 65.2 Å². The molecule has 0 aromatic heterocycles. The fraction of sp³-hybridized carbons (Fsp3) is 0.613. The molecule has 3 unspecified atom stereocenters. The van der Waals surface area contributed by atoms with E-state index >= 15 is 0 Å². The van der Waals surface area contributed by atoms with Gasteiger partial charge in [0.05, 0.1) is 6.10 Å². The maximum Gasteiger partial charge on any atom is 0.123 e. The van der Waals surface area contributed by atoms with Gasteiger partial charge < -0.3 is 14.9 Å². The molecule has 1 fully saturated rings. The van der Waals surface area contributed by atoms with E-state index in [0.29, 0.717) is 12.5 Å². The zero-order valence-electron chi connectivity index (χ0n) is 21.6. The van der Waals surface area contributed by atoms with Crippen LogP contribution >= 0.6 is 0 Å². The van der Waals surface area contributed by atoms with E-state index in [1.165, 1.54) is 43.2 Å². The highest BCUT2D eigenvalue weighted by molar-refractivity contribution is 5.43. The van der Waals surface area contributed by atoms with Crippen LogP contribution < -0.4 is 4.74 Å². The summed E-state index contributed by atoms with van der Waals surface area (Å²) in [4.78, 5) is 0. The lowest BCUT2D eigenvalue weighted by Crippen LogP contribution is -2.27. The van der Waals surface area contributed by atoms with E-state index in [-0.39, 0.29) is 24.0 Å². The number of unbranched alkanes of at least 4 members (excludes halogenated alkanes) is 3. The van der Waals surface area contributed by atoms with Gasteiger partial charge in [-0.3, -0.25) is 0 Å². The van der Waals surface area contributed by atoms with E-state index in [1.807, 2.05) is 6.07 Å². The highest BCUT2D eigenvalue weighted by atomic mass is 16.5. The lowest BCUT2D eigenvalue weighted by Gasteiger charge is -2.36. The quantitative estimate of drug-likeness (QED) is 0.300.